The van der Waals surface area contributed by atoms with Crippen molar-refractivity contribution in [2.45, 2.75) is 13.5 Å². The summed E-state index contributed by atoms with van der Waals surface area (Å²) < 4.78 is 23.4. The molecule has 3 aromatic rings. The quantitative estimate of drug-likeness (QED) is 0.666. The first kappa shape index (κ1) is 17.0. The van der Waals surface area contributed by atoms with E-state index in [1.807, 2.05) is 25.1 Å². The number of hydrogen-bond acceptors (Lipinski definition) is 5. The van der Waals surface area contributed by atoms with E-state index in [1.165, 1.54) is 7.11 Å². The highest BCUT2D eigenvalue weighted by molar-refractivity contribution is 6.09. The Hall–Kier alpha value is -2.89. The van der Waals surface area contributed by atoms with Gasteiger partial charge in [-0.25, -0.2) is 0 Å². The normalized spacial score (nSPS) is 10.9. The molecule has 0 N–H and O–H groups in total. The fraction of sp³-hybridized carbons (Fsp3) is 0.316. The maximum Gasteiger partial charge on any atom is 0.262 e. The molecule has 0 bridgehead atoms. The third kappa shape index (κ3) is 2.45. The van der Waals surface area contributed by atoms with E-state index in [-0.39, 0.29) is 5.56 Å². The molecular weight excluding hydrogens is 322 g/mol. The third-order valence-electron chi connectivity index (χ3n) is 4.40. The van der Waals surface area contributed by atoms with Gasteiger partial charge in [-0.05, 0) is 25.1 Å². The van der Waals surface area contributed by atoms with Crippen LogP contribution in [-0.4, -0.2) is 33.0 Å². The number of pyridine rings is 1. The summed E-state index contributed by atoms with van der Waals surface area (Å²) in [5.74, 6) is 2.14. The van der Waals surface area contributed by atoms with Crippen molar-refractivity contribution < 1.29 is 18.9 Å². The molecule has 25 heavy (non-hydrogen) atoms. The van der Waals surface area contributed by atoms with Gasteiger partial charge in [0.05, 0.1) is 39.3 Å². The number of aryl methyl sites for hydroxylation is 1. The summed E-state index contributed by atoms with van der Waals surface area (Å²) >= 11 is 0. The smallest absolute Gasteiger partial charge is 0.262 e. The summed E-state index contributed by atoms with van der Waals surface area (Å²) in [6, 6.07) is 7.38. The lowest BCUT2D eigenvalue weighted by molar-refractivity contribution is 0.355. The maximum absolute atomic E-state index is 13.1. The minimum absolute atomic E-state index is 0.132. The van der Waals surface area contributed by atoms with E-state index in [0.29, 0.717) is 34.9 Å². The highest BCUT2D eigenvalue weighted by atomic mass is 16.5. The van der Waals surface area contributed by atoms with Gasteiger partial charge in [-0.3, -0.25) is 4.79 Å². The number of hydrogen-bond donors (Lipinski definition) is 0. The first-order valence-electron chi connectivity index (χ1n) is 7.94. The molecule has 0 fully saturated rings. The van der Waals surface area contributed by atoms with Crippen molar-refractivity contribution in [2.75, 3.05) is 28.4 Å². The van der Waals surface area contributed by atoms with Crippen molar-refractivity contribution in [1.29, 1.82) is 0 Å². The fourth-order valence-corrected chi connectivity index (χ4v) is 3.23. The lowest BCUT2D eigenvalue weighted by Crippen LogP contribution is -2.20. The Balaban J connectivity index is 2.60. The van der Waals surface area contributed by atoms with E-state index in [2.05, 4.69) is 0 Å². The Bertz CT molecular complexity index is 1010. The minimum atomic E-state index is -0.132. The number of fused-ring (bicyclic) bond motifs is 3. The molecule has 0 unspecified atom stereocenters. The van der Waals surface area contributed by atoms with Gasteiger partial charge >= 0.3 is 0 Å². The van der Waals surface area contributed by atoms with Crippen LogP contribution in [0.15, 0.2) is 29.1 Å². The minimum Gasteiger partial charge on any atom is -0.493 e. The van der Waals surface area contributed by atoms with Gasteiger partial charge in [0.1, 0.15) is 0 Å². The van der Waals surface area contributed by atoms with E-state index >= 15 is 0 Å². The second kappa shape index (κ2) is 6.55. The molecule has 2 aromatic carbocycles. The summed E-state index contributed by atoms with van der Waals surface area (Å²) in [7, 11) is 6.25. The van der Waals surface area contributed by atoms with Crippen LogP contribution in [0.5, 0.6) is 23.0 Å². The number of nitrogens with zero attached hydrogens (tertiary/aromatic N) is 1. The number of ether oxygens (including phenoxy) is 4. The van der Waals surface area contributed by atoms with Gasteiger partial charge in [-0.1, -0.05) is 0 Å². The van der Waals surface area contributed by atoms with E-state index in [9.17, 15) is 4.79 Å². The second-order valence-corrected chi connectivity index (χ2v) is 5.50. The molecule has 3 rings (SSSR count). The molecule has 0 amide bonds. The van der Waals surface area contributed by atoms with Crippen LogP contribution >= 0.6 is 0 Å². The standard InChI is InChI=1S/C19H21NO5/c1-6-20-13-10-16(24-4)15(23-3)9-12(13)11-7-8-14(22-2)18(25-5)17(11)19(20)21/h7-10H,6H2,1-5H3. The number of methoxy groups -OCH3 is 4. The highest BCUT2D eigenvalue weighted by Crippen LogP contribution is 2.39. The molecule has 6 heteroatoms. The first-order valence-corrected chi connectivity index (χ1v) is 7.94. The van der Waals surface area contributed by atoms with Gasteiger partial charge in [0.2, 0.25) is 0 Å². The zero-order valence-electron chi connectivity index (χ0n) is 15.0. The highest BCUT2D eigenvalue weighted by Gasteiger charge is 2.19. The topological polar surface area (TPSA) is 58.9 Å². The van der Waals surface area contributed by atoms with Crippen LogP contribution in [0.2, 0.25) is 0 Å². The Kier molecular flexibility index (Phi) is 4.44. The van der Waals surface area contributed by atoms with Gasteiger partial charge < -0.3 is 23.5 Å². The molecule has 0 aliphatic carbocycles. The predicted molar refractivity (Wildman–Crippen MR) is 97.6 cm³/mol. The van der Waals surface area contributed by atoms with Crippen LogP contribution in [0.1, 0.15) is 6.92 Å². The molecule has 0 aliphatic heterocycles. The lowest BCUT2D eigenvalue weighted by Gasteiger charge is -2.17. The molecule has 132 valence electrons. The van der Waals surface area contributed by atoms with Crippen LogP contribution in [-0.2, 0) is 6.54 Å². The van der Waals surface area contributed by atoms with Gasteiger partial charge in [0.15, 0.2) is 23.0 Å². The molecule has 6 nitrogen and oxygen atoms in total. The largest absolute Gasteiger partial charge is 0.493 e. The second-order valence-electron chi connectivity index (χ2n) is 5.50. The first-order chi connectivity index (χ1) is 12.1. The SMILES string of the molecule is CCn1c(=O)c2c(OC)c(OC)ccc2c2cc(OC)c(OC)cc21. The molecule has 1 aromatic heterocycles. The Morgan fingerprint density at radius 2 is 1.48 bits per heavy atom. The Morgan fingerprint density at radius 1 is 0.840 bits per heavy atom. The van der Waals surface area contributed by atoms with Crippen LogP contribution in [0.25, 0.3) is 21.7 Å². The lowest BCUT2D eigenvalue weighted by atomic mass is 10.0. The molecule has 0 saturated heterocycles. The Labute approximate surface area is 145 Å². The Morgan fingerprint density at radius 3 is 2.04 bits per heavy atom. The number of benzene rings is 2. The van der Waals surface area contributed by atoms with Gasteiger partial charge in [0, 0.05) is 23.4 Å². The van der Waals surface area contributed by atoms with E-state index in [1.54, 1.807) is 32.0 Å². The molecule has 0 radical (unpaired) electrons. The van der Waals surface area contributed by atoms with Crippen molar-refractivity contribution in [1.82, 2.24) is 4.57 Å². The fourth-order valence-electron chi connectivity index (χ4n) is 3.23. The third-order valence-corrected chi connectivity index (χ3v) is 4.40. The number of rotatable bonds is 5. The van der Waals surface area contributed by atoms with Gasteiger partial charge in [0.25, 0.3) is 5.56 Å². The molecule has 0 spiro atoms. The van der Waals surface area contributed by atoms with E-state index < -0.39 is 0 Å². The van der Waals surface area contributed by atoms with E-state index in [4.69, 9.17) is 18.9 Å². The molecule has 0 aliphatic rings. The van der Waals surface area contributed by atoms with Gasteiger partial charge in [-0.2, -0.15) is 0 Å². The van der Waals surface area contributed by atoms with Crippen molar-refractivity contribution in [3.05, 3.63) is 34.6 Å². The maximum atomic E-state index is 13.1. The average molecular weight is 343 g/mol. The number of aromatic nitrogens is 1. The zero-order valence-corrected chi connectivity index (χ0v) is 15.0. The van der Waals surface area contributed by atoms with Crippen LogP contribution < -0.4 is 24.5 Å². The van der Waals surface area contributed by atoms with Crippen molar-refractivity contribution in [3.63, 3.8) is 0 Å². The van der Waals surface area contributed by atoms with Crippen LogP contribution in [0, 0.1) is 0 Å². The van der Waals surface area contributed by atoms with Crippen molar-refractivity contribution in [2.24, 2.45) is 0 Å². The molecule has 1 heterocycles. The zero-order chi connectivity index (χ0) is 18.1. The van der Waals surface area contributed by atoms with E-state index in [0.717, 1.165) is 16.3 Å². The average Bonchev–Trinajstić information content (AvgIpc) is 2.66. The summed E-state index contributed by atoms with van der Waals surface area (Å²) in [6.45, 7) is 2.44. The monoisotopic (exact) mass is 343 g/mol. The molecular formula is C19H21NO5. The van der Waals surface area contributed by atoms with Crippen molar-refractivity contribution >= 4 is 21.7 Å². The molecule has 0 atom stereocenters. The predicted octanol–water partition coefficient (Wildman–Crippen LogP) is 3.21. The van der Waals surface area contributed by atoms with Crippen LogP contribution in [0.4, 0.5) is 0 Å². The van der Waals surface area contributed by atoms with Crippen molar-refractivity contribution in [3.8, 4) is 23.0 Å². The van der Waals surface area contributed by atoms with Gasteiger partial charge in [-0.15, -0.1) is 0 Å². The molecule has 0 saturated carbocycles. The summed E-state index contributed by atoms with van der Waals surface area (Å²) in [4.78, 5) is 13.1. The summed E-state index contributed by atoms with van der Waals surface area (Å²) in [6.07, 6.45) is 0. The summed E-state index contributed by atoms with van der Waals surface area (Å²) in [5.41, 5.74) is 0.651. The summed E-state index contributed by atoms with van der Waals surface area (Å²) in [5, 5.41) is 2.15. The van der Waals surface area contributed by atoms with Crippen LogP contribution in [0.3, 0.4) is 0 Å².